The maximum atomic E-state index is 12.6. The highest BCUT2D eigenvalue weighted by atomic mass is 35.7. The molecule has 1 amide bonds. The SMILES string of the molecule is O=C(c1ccc(S(=O)(=O)Cl)cc1)N1CCC(Cc2ccccc2)CC1. The van der Waals surface area contributed by atoms with Crippen LogP contribution in [0.4, 0.5) is 0 Å². The van der Waals surface area contributed by atoms with Gasteiger partial charge in [0, 0.05) is 29.3 Å². The number of amides is 1. The maximum Gasteiger partial charge on any atom is 0.261 e. The van der Waals surface area contributed by atoms with E-state index in [9.17, 15) is 13.2 Å². The lowest BCUT2D eigenvalue weighted by atomic mass is 9.90. The van der Waals surface area contributed by atoms with Gasteiger partial charge in [0.25, 0.3) is 15.0 Å². The zero-order valence-electron chi connectivity index (χ0n) is 13.8. The van der Waals surface area contributed by atoms with Gasteiger partial charge in [0.05, 0.1) is 4.90 Å². The molecular formula is C19H20ClNO3S. The number of nitrogens with zero attached hydrogens (tertiary/aromatic N) is 1. The monoisotopic (exact) mass is 377 g/mol. The van der Waals surface area contributed by atoms with Crippen molar-refractivity contribution in [3.63, 3.8) is 0 Å². The molecule has 2 aromatic rings. The number of likely N-dealkylation sites (tertiary alicyclic amines) is 1. The number of piperidine rings is 1. The van der Waals surface area contributed by atoms with E-state index in [-0.39, 0.29) is 10.8 Å². The van der Waals surface area contributed by atoms with Crippen molar-refractivity contribution in [2.75, 3.05) is 13.1 Å². The molecule has 3 rings (SSSR count). The van der Waals surface area contributed by atoms with E-state index < -0.39 is 9.05 Å². The zero-order valence-corrected chi connectivity index (χ0v) is 15.3. The van der Waals surface area contributed by atoms with Gasteiger partial charge >= 0.3 is 0 Å². The lowest BCUT2D eigenvalue weighted by molar-refractivity contribution is 0.0690. The van der Waals surface area contributed by atoms with Gasteiger partial charge in [-0.1, -0.05) is 30.3 Å². The summed E-state index contributed by atoms with van der Waals surface area (Å²) in [5.41, 5.74) is 1.83. The second-order valence-corrected chi connectivity index (χ2v) is 8.95. The smallest absolute Gasteiger partial charge is 0.261 e. The first kappa shape index (κ1) is 18.0. The molecule has 1 fully saturated rings. The average Bonchev–Trinajstić information content (AvgIpc) is 2.62. The largest absolute Gasteiger partial charge is 0.339 e. The average molecular weight is 378 g/mol. The number of hydrogen-bond donors (Lipinski definition) is 0. The van der Waals surface area contributed by atoms with Crippen LogP contribution in [0.5, 0.6) is 0 Å². The highest BCUT2D eigenvalue weighted by molar-refractivity contribution is 8.13. The Morgan fingerprint density at radius 2 is 1.60 bits per heavy atom. The Hall–Kier alpha value is -1.85. The molecule has 1 heterocycles. The number of rotatable bonds is 4. The van der Waals surface area contributed by atoms with Gasteiger partial charge in [-0.05, 0) is 55.0 Å². The molecule has 1 aliphatic rings. The minimum absolute atomic E-state index is 0.00675. The molecule has 25 heavy (non-hydrogen) atoms. The molecule has 1 saturated heterocycles. The van der Waals surface area contributed by atoms with Gasteiger partial charge < -0.3 is 4.90 Å². The van der Waals surface area contributed by atoms with Gasteiger partial charge in [0.2, 0.25) is 0 Å². The first-order valence-electron chi connectivity index (χ1n) is 8.31. The van der Waals surface area contributed by atoms with Gasteiger partial charge in [-0.2, -0.15) is 0 Å². The molecule has 0 aromatic heterocycles. The van der Waals surface area contributed by atoms with Crippen molar-refractivity contribution >= 4 is 25.6 Å². The van der Waals surface area contributed by atoms with E-state index in [2.05, 4.69) is 24.3 Å². The highest BCUT2D eigenvalue weighted by Gasteiger charge is 2.24. The molecular weight excluding hydrogens is 358 g/mol. The molecule has 0 aliphatic carbocycles. The van der Waals surface area contributed by atoms with Gasteiger partial charge in [-0.25, -0.2) is 8.42 Å². The first-order valence-corrected chi connectivity index (χ1v) is 10.6. The summed E-state index contributed by atoms with van der Waals surface area (Å²) in [7, 11) is 1.54. The fraction of sp³-hybridized carbons (Fsp3) is 0.316. The minimum Gasteiger partial charge on any atom is -0.339 e. The first-order chi connectivity index (χ1) is 11.9. The summed E-state index contributed by atoms with van der Waals surface area (Å²) in [6.45, 7) is 1.46. The second kappa shape index (κ2) is 7.58. The summed E-state index contributed by atoms with van der Waals surface area (Å²) < 4.78 is 22.5. The molecule has 0 unspecified atom stereocenters. The molecule has 0 N–H and O–H groups in total. The van der Waals surface area contributed by atoms with Crippen LogP contribution in [-0.4, -0.2) is 32.3 Å². The summed E-state index contributed by atoms with van der Waals surface area (Å²) in [4.78, 5) is 14.4. The van der Waals surface area contributed by atoms with Crippen LogP contribution in [0.2, 0.25) is 0 Å². The molecule has 0 radical (unpaired) electrons. The molecule has 0 atom stereocenters. The van der Waals surface area contributed by atoms with E-state index in [4.69, 9.17) is 10.7 Å². The number of carbonyl (C=O) groups is 1. The summed E-state index contributed by atoms with van der Waals surface area (Å²) in [5, 5.41) is 0. The molecule has 1 aliphatic heterocycles. The summed E-state index contributed by atoms with van der Waals surface area (Å²) in [6, 6.07) is 16.2. The molecule has 6 heteroatoms. The number of carbonyl (C=O) groups excluding carboxylic acids is 1. The maximum absolute atomic E-state index is 12.6. The van der Waals surface area contributed by atoms with Crippen LogP contribution < -0.4 is 0 Å². The van der Waals surface area contributed by atoms with Crippen molar-refractivity contribution < 1.29 is 13.2 Å². The summed E-state index contributed by atoms with van der Waals surface area (Å²) in [6.07, 6.45) is 3.01. The fourth-order valence-electron chi connectivity index (χ4n) is 3.23. The highest BCUT2D eigenvalue weighted by Crippen LogP contribution is 2.23. The Balaban J connectivity index is 1.58. The third kappa shape index (κ3) is 4.61. The Morgan fingerprint density at radius 3 is 2.16 bits per heavy atom. The van der Waals surface area contributed by atoms with Crippen molar-refractivity contribution in [2.45, 2.75) is 24.2 Å². The van der Waals surface area contributed by atoms with Crippen molar-refractivity contribution in [3.05, 3.63) is 65.7 Å². The Kier molecular flexibility index (Phi) is 5.45. The molecule has 2 aromatic carbocycles. The second-order valence-electron chi connectivity index (χ2n) is 6.39. The molecule has 132 valence electrons. The standard InChI is InChI=1S/C19H20ClNO3S/c20-25(23,24)18-8-6-17(7-9-18)19(22)21-12-10-16(11-13-21)14-15-4-2-1-3-5-15/h1-9,16H,10-14H2. The summed E-state index contributed by atoms with van der Waals surface area (Å²) >= 11 is 0. The van der Waals surface area contributed by atoms with Crippen LogP contribution in [0.1, 0.15) is 28.8 Å². The fourth-order valence-corrected chi connectivity index (χ4v) is 4.00. The zero-order chi connectivity index (χ0) is 17.9. The van der Waals surface area contributed by atoms with Crippen LogP contribution in [-0.2, 0) is 15.5 Å². The van der Waals surface area contributed by atoms with E-state index in [1.165, 1.54) is 29.8 Å². The number of halogens is 1. The van der Waals surface area contributed by atoms with Crippen molar-refractivity contribution in [1.82, 2.24) is 4.90 Å². The van der Waals surface area contributed by atoms with Gasteiger partial charge in [-0.15, -0.1) is 0 Å². The van der Waals surface area contributed by atoms with E-state index in [0.29, 0.717) is 11.5 Å². The van der Waals surface area contributed by atoms with Crippen LogP contribution in [0, 0.1) is 5.92 Å². The topological polar surface area (TPSA) is 54.5 Å². The van der Waals surface area contributed by atoms with E-state index >= 15 is 0 Å². The van der Waals surface area contributed by atoms with E-state index in [1.54, 1.807) is 0 Å². The summed E-state index contributed by atoms with van der Waals surface area (Å²) in [5.74, 6) is 0.534. The number of hydrogen-bond acceptors (Lipinski definition) is 3. The van der Waals surface area contributed by atoms with Gasteiger partial charge in [-0.3, -0.25) is 4.79 Å². The predicted octanol–water partition coefficient (Wildman–Crippen LogP) is 3.71. The molecule has 0 bridgehead atoms. The Bertz CT molecular complexity index is 827. The lowest BCUT2D eigenvalue weighted by Crippen LogP contribution is -2.38. The van der Waals surface area contributed by atoms with E-state index in [1.807, 2.05) is 11.0 Å². The molecule has 0 saturated carbocycles. The normalized spacial score (nSPS) is 16.0. The third-order valence-corrected chi connectivity index (χ3v) is 6.02. The molecule has 4 nitrogen and oxygen atoms in total. The minimum atomic E-state index is -3.76. The van der Waals surface area contributed by atoms with Crippen LogP contribution >= 0.6 is 10.7 Å². The molecule has 0 spiro atoms. The lowest BCUT2D eigenvalue weighted by Gasteiger charge is -2.32. The Morgan fingerprint density at radius 1 is 1.00 bits per heavy atom. The van der Waals surface area contributed by atoms with Crippen LogP contribution in [0.3, 0.4) is 0 Å². The Labute approximate surface area is 152 Å². The van der Waals surface area contributed by atoms with Crippen molar-refractivity contribution in [1.29, 1.82) is 0 Å². The number of benzene rings is 2. The quantitative estimate of drug-likeness (QED) is 0.763. The van der Waals surface area contributed by atoms with E-state index in [0.717, 1.165) is 32.4 Å². The van der Waals surface area contributed by atoms with Crippen LogP contribution in [0.25, 0.3) is 0 Å². The van der Waals surface area contributed by atoms with Crippen molar-refractivity contribution in [2.24, 2.45) is 5.92 Å². The predicted molar refractivity (Wildman–Crippen MR) is 98.3 cm³/mol. The third-order valence-electron chi connectivity index (χ3n) is 4.65. The van der Waals surface area contributed by atoms with Crippen molar-refractivity contribution in [3.8, 4) is 0 Å². The van der Waals surface area contributed by atoms with Gasteiger partial charge in [0.1, 0.15) is 0 Å². The van der Waals surface area contributed by atoms with Gasteiger partial charge in [0.15, 0.2) is 0 Å². The van der Waals surface area contributed by atoms with Crippen LogP contribution in [0.15, 0.2) is 59.5 Å².